The van der Waals surface area contributed by atoms with E-state index >= 15 is 0 Å². The number of carbonyl (C=O) groups excluding carboxylic acids is 2. The topological polar surface area (TPSA) is 52.7 Å². The lowest BCUT2D eigenvalue weighted by Gasteiger charge is -2.26. The first-order chi connectivity index (χ1) is 15.1. The summed E-state index contributed by atoms with van der Waals surface area (Å²) in [5.41, 5.74) is 5.05. The second kappa shape index (κ2) is 10.2. The molecule has 162 valence electrons. The minimum atomic E-state index is -0.150. The smallest absolute Gasteiger partial charge is 0.248 e. The van der Waals surface area contributed by atoms with Crippen molar-refractivity contribution in [1.29, 1.82) is 0 Å². The number of aryl methyl sites for hydroxylation is 1. The fourth-order valence-corrected chi connectivity index (χ4v) is 4.99. The van der Waals surface area contributed by atoms with Gasteiger partial charge in [0.25, 0.3) is 0 Å². The zero-order valence-corrected chi connectivity index (χ0v) is 18.8. The average molecular weight is 436 g/mol. The Labute approximate surface area is 188 Å². The summed E-state index contributed by atoms with van der Waals surface area (Å²) < 4.78 is 0. The van der Waals surface area contributed by atoms with Gasteiger partial charge in [-0.3, -0.25) is 14.5 Å². The summed E-state index contributed by atoms with van der Waals surface area (Å²) >= 11 is 2.02. The Morgan fingerprint density at radius 2 is 1.87 bits per heavy atom. The molecule has 1 N–H and O–H groups in total. The summed E-state index contributed by atoms with van der Waals surface area (Å²) in [6, 6.07) is 14.0. The van der Waals surface area contributed by atoms with Crippen LogP contribution in [0.4, 0.5) is 11.4 Å². The van der Waals surface area contributed by atoms with Gasteiger partial charge < -0.3 is 10.2 Å². The zero-order valence-electron chi connectivity index (χ0n) is 18.0. The first-order valence-electron chi connectivity index (χ1n) is 10.9. The van der Waals surface area contributed by atoms with Gasteiger partial charge in [-0.1, -0.05) is 24.3 Å². The largest absolute Gasteiger partial charge is 0.322 e. The van der Waals surface area contributed by atoms with Crippen LogP contribution in [0.5, 0.6) is 0 Å². The van der Waals surface area contributed by atoms with Crippen LogP contribution in [0.15, 0.2) is 48.5 Å². The van der Waals surface area contributed by atoms with Gasteiger partial charge in [0.15, 0.2) is 0 Å². The number of carbonyl (C=O) groups is 2. The van der Waals surface area contributed by atoms with Gasteiger partial charge in [-0.25, -0.2) is 0 Å². The van der Waals surface area contributed by atoms with Gasteiger partial charge in [-0.2, -0.15) is 11.8 Å². The van der Waals surface area contributed by atoms with Crippen LogP contribution in [0.25, 0.3) is 6.08 Å². The first-order valence-corrected chi connectivity index (χ1v) is 12.0. The van der Waals surface area contributed by atoms with E-state index in [1.54, 1.807) is 12.2 Å². The van der Waals surface area contributed by atoms with Crippen molar-refractivity contribution in [3.63, 3.8) is 0 Å². The second-order valence-electron chi connectivity index (χ2n) is 8.10. The lowest BCUT2D eigenvalue weighted by molar-refractivity contribution is -0.117. The maximum Gasteiger partial charge on any atom is 0.248 e. The molecule has 0 saturated carbocycles. The van der Waals surface area contributed by atoms with Crippen LogP contribution in [0.3, 0.4) is 0 Å². The third-order valence-corrected chi connectivity index (χ3v) is 6.71. The van der Waals surface area contributed by atoms with Crippen LogP contribution in [0.2, 0.25) is 0 Å². The summed E-state index contributed by atoms with van der Waals surface area (Å²) in [4.78, 5) is 28.5. The first kappa shape index (κ1) is 21.7. The molecule has 2 amide bonds. The molecular formula is C25H29N3O2S. The van der Waals surface area contributed by atoms with E-state index in [0.717, 1.165) is 55.1 Å². The molecule has 2 aromatic rings. The number of nitrogens with zero attached hydrogens (tertiary/aromatic N) is 2. The molecule has 0 aromatic heterocycles. The number of benzene rings is 2. The highest BCUT2D eigenvalue weighted by Crippen LogP contribution is 2.22. The molecule has 2 fully saturated rings. The molecule has 2 aliphatic rings. The van der Waals surface area contributed by atoms with Crippen LogP contribution in [0, 0.1) is 6.92 Å². The number of hydrogen-bond donors (Lipinski definition) is 1. The van der Waals surface area contributed by atoms with E-state index in [0.29, 0.717) is 6.42 Å². The molecule has 0 unspecified atom stereocenters. The number of rotatable bonds is 6. The fraction of sp³-hybridized carbons (Fsp3) is 0.360. The number of nitrogens with one attached hydrogen (secondary N) is 1. The third-order valence-electron chi connectivity index (χ3n) is 5.76. The molecule has 6 heteroatoms. The molecular weight excluding hydrogens is 406 g/mol. The van der Waals surface area contributed by atoms with Crippen molar-refractivity contribution in [2.24, 2.45) is 0 Å². The Kier molecular flexibility index (Phi) is 7.10. The molecule has 0 radical (unpaired) electrons. The van der Waals surface area contributed by atoms with E-state index in [4.69, 9.17) is 0 Å². The predicted octanol–water partition coefficient (Wildman–Crippen LogP) is 4.32. The van der Waals surface area contributed by atoms with Gasteiger partial charge in [0.1, 0.15) is 0 Å². The van der Waals surface area contributed by atoms with Crippen molar-refractivity contribution in [3.05, 3.63) is 65.2 Å². The van der Waals surface area contributed by atoms with Crippen LogP contribution in [0.1, 0.15) is 29.5 Å². The van der Waals surface area contributed by atoms with Crippen LogP contribution in [-0.4, -0.2) is 47.9 Å². The highest BCUT2D eigenvalue weighted by atomic mass is 32.2. The van der Waals surface area contributed by atoms with E-state index in [1.165, 1.54) is 17.1 Å². The van der Waals surface area contributed by atoms with Gasteiger partial charge in [0.2, 0.25) is 11.8 Å². The molecule has 0 aliphatic carbocycles. The average Bonchev–Trinajstić information content (AvgIpc) is 3.21. The highest BCUT2D eigenvalue weighted by Gasteiger charge is 2.21. The normalized spacial score (nSPS) is 17.5. The Bertz CT molecular complexity index is 965. The number of thioether (sulfide) groups is 1. The molecule has 2 aliphatic heterocycles. The number of amides is 2. The van der Waals surface area contributed by atoms with Crippen LogP contribution in [-0.2, 0) is 16.1 Å². The predicted molar refractivity (Wildman–Crippen MR) is 129 cm³/mol. The van der Waals surface area contributed by atoms with E-state index in [2.05, 4.69) is 22.3 Å². The van der Waals surface area contributed by atoms with Gasteiger partial charge >= 0.3 is 0 Å². The van der Waals surface area contributed by atoms with Crippen molar-refractivity contribution in [3.8, 4) is 0 Å². The van der Waals surface area contributed by atoms with Crippen molar-refractivity contribution in [2.75, 3.05) is 41.4 Å². The maximum absolute atomic E-state index is 12.4. The van der Waals surface area contributed by atoms with E-state index in [1.807, 2.05) is 53.9 Å². The Morgan fingerprint density at radius 1 is 1.10 bits per heavy atom. The van der Waals surface area contributed by atoms with Gasteiger partial charge in [-0.15, -0.1) is 0 Å². The molecule has 0 spiro atoms. The highest BCUT2D eigenvalue weighted by molar-refractivity contribution is 7.99. The van der Waals surface area contributed by atoms with Crippen molar-refractivity contribution < 1.29 is 9.59 Å². The molecule has 0 atom stereocenters. The van der Waals surface area contributed by atoms with Crippen LogP contribution < -0.4 is 10.2 Å². The van der Waals surface area contributed by atoms with Crippen LogP contribution >= 0.6 is 11.8 Å². The quantitative estimate of drug-likeness (QED) is 0.687. The summed E-state index contributed by atoms with van der Waals surface area (Å²) in [6.45, 7) is 6.07. The summed E-state index contributed by atoms with van der Waals surface area (Å²) in [6.07, 6.45) is 4.88. The van der Waals surface area contributed by atoms with Gasteiger partial charge in [-0.05, 0) is 54.3 Å². The molecule has 31 heavy (non-hydrogen) atoms. The molecule has 0 bridgehead atoms. The van der Waals surface area contributed by atoms with E-state index < -0.39 is 0 Å². The van der Waals surface area contributed by atoms with Gasteiger partial charge in [0.05, 0.1) is 0 Å². The summed E-state index contributed by atoms with van der Waals surface area (Å²) in [5, 5.41) is 2.98. The Hall–Kier alpha value is -2.57. The molecule has 2 aromatic carbocycles. The number of anilines is 2. The molecule has 2 heterocycles. The molecule has 2 saturated heterocycles. The fourth-order valence-electron chi connectivity index (χ4n) is 4.01. The SMILES string of the molecule is Cc1cc(CN2CCSCC2)ccc1NC(=O)C=Cc1ccc(N2CCCC2=O)cc1. The monoisotopic (exact) mass is 435 g/mol. The van der Waals surface area contributed by atoms with Crippen molar-refractivity contribution >= 4 is 41.0 Å². The lowest BCUT2D eigenvalue weighted by Crippen LogP contribution is -2.31. The van der Waals surface area contributed by atoms with E-state index in [-0.39, 0.29) is 11.8 Å². The summed E-state index contributed by atoms with van der Waals surface area (Å²) in [5.74, 6) is 2.44. The molecule has 5 nitrogen and oxygen atoms in total. The van der Waals surface area contributed by atoms with E-state index in [9.17, 15) is 9.59 Å². The third kappa shape index (κ3) is 5.77. The van der Waals surface area contributed by atoms with Gasteiger partial charge in [0, 0.05) is 61.6 Å². The second-order valence-corrected chi connectivity index (χ2v) is 9.33. The minimum absolute atomic E-state index is 0.150. The number of hydrogen-bond acceptors (Lipinski definition) is 4. The zero-order chi connectivity index (χ0) is 21.6. The summed E-state index contributed by atoms with van der Waals surface area (Å²) in [7, 11) is 0. The maximum atomic E-state index is 12.4. The minimum Gasteiger partial charge on any atom is -0.322 e. The Morgan fingerprint density at radius 3 is 2.55 bits per heavy atom. The standard InChI is InChI=1S/C25H29N3O2S/c1-19-17-21(18-27-13-15-31-16-14-27)6-10-23(19)26-24(29)11-7-20-4-8-22(9-5-20)28-12-2-3-25(28)30/h4-11,17H,2-3,12-16,18H2,1H3,(H,26,29). The Balaban J connectivity index is 1.32. The van der Waals surface area contributed by atoms with Crippen molar-refractivity contribution in [1.82, 2.24) is 4.90 Å². The molecule has 4 rings (SSSR count). The lowest BCUT2D eigenvalue weighted by atomic mass is 10.1. The van der Waals surface area contributed by atoms with Crippen molar-refractivity contribution in [2.45, 2.75) is 26.3 Å².